The van der Waals surface area contributed by atoms with Gasteiger partial charge in [-0.05, 0) is 13.8 Å². The summed E-state index contributed by atoms with van der Waals surface area (Å²) in [6.07, 6.45) is 0. The van der Waals surface area contributed by atoms with E-state index >= 15 is 0 Å². The second-order valence-corrected chi connectivity index (χ2v) is 4.14. The highest BCUT2D eigenvalue weighted by Gasteiger charge is 2.19. The number of carbonyl (C=O) groups is 1. The van der Waals surface area contributed by atoms with Crippen LogP contribution in [-0.2, 0) is 0 Å². The van der Waals surface area contributed by atoms with Gasteiger partial charge in [-0.2, -0.15) is 0 Å². The smallest absolute Gasteiger partial charge is 0.167 e. The van der Waals surface area contributed by atoms with Gasteiger partial charge in [0.2, 0.25) is 0 Å². The van der Waals surface area contributed by atoms with Gasteiger partial charge in [-0.1, -0.05) is 18.2 Å². The van der Waals surface area contributed by atoms with Crippen molar-refractivity contribution in [1.82, 2.24) is 0 Å². The number of hydrogen-bond acceptors (Lipinski definition) is 4. The van der Waals surface area contributed by atoms with Gasteiger partial charge in [-0.15, -0.1) is 0 Å². The Morgan fingerprint density at radius 1 is 1.22 bits per heavy atom. The molecule has 18 heavy (non-hydrogen) atoms. The average molecular weight is 246 g/mol. The van der Waals surface area contributed by atoms with Gasteiger partial charge in [0.05, 0.1) is 7.11 Å². The van der Waals surface area contributed by atoms with Crippen LogP contribution in [0.3, 0.4) is 0 Å². The van der Waals surface area contributed by atoms with Crippen molar-refractivity contribution in [2.75, 3.05) is 7.11 Å². The van der Waals surface area contributed by atoms with Crippen molar-refractivity contribution in [3.63, 3.8) is 0 Å². The lowest BCUT2D eigenvalue weighted by Gasteiger charge is -2.14. The number of benzene rings is 2. The number of phenols is 2. The predicted molar refractivity (Wildman–Crippen MR) is 68.6 cm³/mol. The first-order valence-electron chi connectivity index (χ1n) is 5.51. The Kier molecular flexibility index (Phi) is 2.87. The average Bonchev–Trinajstić information content (AvgIpc) is 2.36. The zero-order chi connectivity index (χ0) is 13.4. The number of hydrogen-bond donors (Lipinski definition) is 2. The first kappa shape index (κ1) is 12.2. The van der Waals surface area contributed by atoms with Crippen LogP contribution in [0, 0.1) is 6.92 Å². The molecule has 0 bridgehead atoms. The minimum Gasteiger partial charge on any atom is -0.507 e. The van der Waals surface area contributed by atoms with E-state index in [0.29, 0.717) is 21.9 Å². The van der Waals surface area contributed by atoms with Gasteiger partial charge in [-0.25, -0.2) is 0 Å². The second-order valence-electron chi connectivity index (χ2n) is 4.14. The molecule has 4 nitrogen and oxygen atoms in total. The summed E-state index contributed by atoms with van der Waals surface area (Å²) in [6.45, 7) is 3.05. The van der Waals surface area contributed by atoms with E-state index in [1.54, 1.807) is 25.1 Å². The first-order chi connectivity index (χ1) is 8.49. The number of fused-ring (bicyclic) bond motifs is 1. The van der Waals surface area contributed by atoms with E-state index in [-0.39, 0.29) is 23.0 Å². The highest BCUT2D eigenvalue weighted by Crippen LogP contribution is 2.45. The zero-order valence-electron chi connectivity index (χ0n) is 10.4. The van der Waals surface area contributed by atoms with Crippen LogP contribution in [0.15, 0.2) is 18.2 Å². The molecule has 0 saturated carbocycles. The van der Waals surface area contributed by atoms with Crippen molar-refractivity contribution in [2.45, 2.75) is 13.8 Å². The van der Waals surface area contributed by atoms with Crippen LogP contribution in [-0.4, -0.2) is 23.1 Å². The Balaban J connectivity index is 3.02. The van der Waals surface area contributed by atoms with Crippen molar-refractivity contribution >= 4 is 16.6 Å². The molecule has 0 heterocycles. The zero-order valence-corrected chi connectivity index (χ0v) is 10.4. The molecule has 2 aromatic carbocycles. The minimum atomic E-state index is -0.167. The van der Waals surface area contributed by atoms with Crippen molar-refractivity contribution in [1.29, 1.82) is 0 Å². The van der Waals surface area contributed by atoms with E-state index in [4.69, 9.17) is 4.74 Å². The van der Waals surface area contributed by atoms with Gasteiger partial charge in [0.15, 0.2) is 17.3 Å². The predicted octanol–water partition coefficient (Wildman–Crippen LogP) is 2.77. The molecule has 94 valence electrons. The Hall–Kier alpha value is -2.23. The largest absolute Gasteiger partial charge is 0.507 e. The fourth-order valence-corrected chi connectivity index (χ4v) is 2.14. The lowest BCUT2D eigenvalue weighted by Crippen LogP contribution is -1.97. The van der Waals surface area contributed by atoms with E-state index in [2.05, 4.69) is 0 Å². The Morgan fingerprint density at radius 2 is 1.89 bits per heavy atom. The van der Waals surface area contributed by atoms with Gasteiger partial charge >= 0.3 is 0 Å². The number of carbonyl (C=O) groups excluding carboxylic acids is 1. The molecule has 0 radical (unpaired) electrons. The molecule has 0 aliphatic rings. The highest BCUT2D eigenvalue weighted by atomic mass is 16.5. The third-order valence-electron chi connectivity index (χ3n) is 3.05. The van der Waals surface area contributed by atoms with Gasteiger partial charge < -0.3 is 14.9 Å². The fraction of sp³-hybridized carbons (Fsp3) is 0.214. The van der Waals surface area contributed by atoms with E-state index < -0.39 is 0 Å². The van der Waals surface area contributed by atoms with Gasteiger partial charge in [-0.3, -0.25) is 4.79 Å². The molecule has 2 aromatic rings. The summed E-state index contributed by atoms with van der Waals surface area (Å²) in [6, 6.07) is 4.92. The first-order valence-corrected chi connectivity index (χ1v) is 5.51. The normalized spacial score (nSPS) is 10.6. The molecular weight excluding hydrogens is 232 g/mol. The summed E-state index contributed by atoms with van der Waals surface area (Å²) >= 11 is 0. The van der Waals surface area contributed by atoms with E-state index in [0.717, 1.165) is 0 Å². The number of aromatic hydroxyl groups is 2. The topological polar surface area (TPSA) is 66.8 Å². The van der Waals surface area contributed by atoms with Crippen LogP contribution in [0.1, 0.15) is 22.8 Å². The number of rotatable bonds is 2. The van der Waals surface area contributed by atoms with Crippen molar-refractivity contribution in [3.05, 3.63) is 29.3 Å². The summed E-state index contributed by atoms with van der Waals surface area (Å²) in [7, 11) is 1.42. The molecule has 2 N–H and O–H groups in total. The Bertz CT molecular complexity index is 644. The van der Waals surface area contributed by atoms with E-state index in [9.17, 15) is 15.0 Å². The molecule has 0 aliphatic heterocycles. The SMILES string of the molecule is COc1c(C)c(O)c2c(C(C)=O)cccc2c1O. The molecule has 2 rings (SSSR count). The van der Waals surface area contributed by atoms with E-state index in [1.807, 2.05) is 0 Å². The lowest BCUT2D eigenvalue weighted by molar-refractivity contribution is 0.101. The van der Waals surface area contributed by atoms with Crippen molar-refractivity contribution < 1.29 is 19.7 Å². The maximum Gasteiger partial charge on any atom is 0.167 e. The summed E-state index contributed by atoms with van der Waals surface area (Å²) in [5.74, 6) is -0.0445. The van der Waals surface area contributed by atoms with Crippen LogP contribution < -0.4 is 4.74 Å². The molecular formula is C14H14O4. The second kappa shape index (κ2) is 4.22. The molecule has 0 unspecified atom stereocenters. The maximum absolute atomic E-state index is 11.6. The number of ether oxygens (including phenoxy) is 1. The quantitative estimate of drug-likeness (QED) is 0.631. The summed E-state index contributed by atoms with van der Waals surface area (Å²) in [4.78, 5) is 11.6. The molecule has 0 atom stereocenters. The van der Waals surface area contributed by atoms with Crippen molar-refractivity contribution in [2.24, 2.45) is 0 Å². The molecule has 0 spiro atoms. The lowest BCUT2D eigenvalue weighted by atomic mass is 9.97. The third kappa shape index (κ3) is 1.57. The molecule has 0 aliphatic carbocycles. The van der Waals surface area contributed by atoms with Crippen LogP contribution in [0.2, 0.25) is 0 Å². The Labute approximate surface area is 104 Å². The maximum atomic E-state index is 11.6. The molecule has 0 saturated heterocycles. The number of phenolic OH excluding ortho intramolecular Hbond substituents is 2. The van der Waals surface area contributed by atoms with Crippen LogP contribution >= 0.6 is 0 Å². The molecule has 4 heteroatoms. The van der Waals surface area contributed by atoms with Crippen molar-refractivity contribution in [3.8, 4) is 17.2 Å². The fourth-order valence-electron chi connectivity index (χ4n) is 2.14. The number of Topliss-reactive ketones (excluding diaryl/α,β-unsaturated/α-hetero) is 1. The monoisotopic (exact) mass is 246 g/mol. The standard InChI is InChI=1S/C14H14O4/c1-7-12(16)11-9(8(2)15)5-4-6-10(11)13(17)14(7)18-3/h4-6,16-17H,1-3H3. The van der Waals surface area contributed by atoms with E-state index in [1.165, 1.54) is 14.0 Å². The molecule has 0 fully saturated rings. The number of ketones is 1. The minimum absolute atomic E-state index is 0.0366. The molecule has 0 amide bonds. The number of methoxy groups -OCH3 is 1. The van der Waals surface area contributed by atoms with Crippen LogP contribution in [0.4, 0.5) is 0 Å². The molecule has 0 aromatic heterocycles. The summed E-state index contributed by atoms with van der Waals surface area (Å²) in [5, 5.41) is 21.1. The van der Waals surface area contributed by atoms with Crippen LogP contribution in [0.5, 0.6) is 17.2 Å². The van der Waals surface area contributed by atoms with Gasteiger partial charge in [0.1, 0.15) is 5.75 Å². The summed E-state index contributed by atoms with van der Waals surface area (Å²) in [5.41, 5.74) is 0.794. The third-order valence-corrected chi connectivity index (χ3v) is 3.05. The van der Waals surface area contributed by atoms with Crippen LogP contribution in [0.25, 0.3) is 10.8 Å². The van der Waals surface area contributed by atoms with Gasteiger partial charge in [0.25, 0.3) is 0 Å². The highest BCUT2D eigenvalue weighted by molar-refractivity contribution is 6.11. The van der Waals surface area contributed by atoms with Gasteiger partial charge in [0, 0.05) is 21.9 Å². The Morgan fingerprint density at radius 3 is 2.44 bits per heavy atom. The summed E-state index contributed by atoms with van der Waals surface area (Å²) < 4.78 is 5.07.